The molecular weight excluding hydrogens is 478 g/mol. The Hall–Kier alpha value is -2.61. The van der Waals surface area contributed by atoms with Crippen LogP contribution in [0.15, 0.2) is 48.5 Å². The van der Waals surface area contributed by atoms with Gasteiger partial charge in [0.2, 0.25) is 5.91 Å². The van der Waals surface area contributed by atoms with Crippen LogP contribution in [0.1, 0.15) is 54.1 Å². The Labute approximate surface area is 217 Å². The summed E-state index contributed by atoms with van der Waals surface area (Å²) in [4.78, 5) is 30.1. The zero-order valence-corrected chi connectivity index (χ0v) is 21.2. The molecule has 2 aliphatic heterocycles. The van der Waals surface area contributed by atoms with Gasteiger partial charge in [0.1, 0.15) is 11.9 Å². The lowest BCUT2D eigenvalue weighted by atomic mass is 10.00. The first kappa shape index (κ1) is 25.1. The Morgan fingerprint density at radius 1 is 1.06 bits per heavy atom. The van der Waals surface area contributed by atoms with Gasteiger partial charge in [-0.05, 0) is 75.0 Å². The molecular formula is C28H34ClN3O4. The number of amides is 2. The lowest BCUT2D eigenvalue weighted by molar-refractivity contribution is -0.126. The number of aliphatic hydroxyl groups excluding tert-OH is 1. The fourth-order valence-corrected chi connectivity index (χ4v) is 5.32. The van der Waals surface area contributed by atoms with Crippen LogP contribution >= 0.6 is 11.6 Å². The SMILES string of the molecule is O=C(N[C@H](CN1CCCC1)[C@H](O)c1ccc(OC2CC2)c(Cl)c1)C1CCN(C(=O)c2ccccc2)C1. The molecule has 2 N–H and O–H groups in total. The van der Waals surface area contributed by atoms with Crippen LogP contribution < -0.4 is 10.1 Å². The summed E-state index contributed by atoms with van der Waals surface area (Å²) in [5, 5.41) is 14.9. The minimum atomic E-state index is -0.912. The Bertz CT molecular complexity index is 1070. The van der Waals surface area contributed by atoms with E-state index in [9.17, 15) is 14.7 Å². The lowest BCUT2D eigenvalue weighted by Gasteiger charge is -2.30. The Morgan fingerprint density at radius 2 is 1.81 bits per heavy atom. The molecule has 2 heterocycles. The number of carbonyl (C=O) groups is 2. The van der Waals surface area contributed by atoms with Crippen molar-refractivity contribution >= 4 is 23.4 Å². The second kappa shape index (κ2) is 11.2. The van der Waals surface area contributed by atoms with Crippen molar-refractivity contribution in [1.29, 1.82) is 0 Å². The van der Waals surface area contributed by atoms with Crippen molar-refractivity contribution < 1.29 is 19.4 Å². The predicted octanol–water partition coefficient (Wildman–Crippen LogP) is 3.66. The van der Waals surface area contributed by atoms with Crippen LogP contribution in [0.3, 0.4) is 0 Å². The maximum atomic E-state index is 13.3. The van der Waals surface area contributed by atoms with Crippen molar-refractivity contribution in [3.8, 4) is 5.75 Å². The molecule has 1 unspecified atom stereocenters. The fraction of sp³-hybridized carbons (Fsp3) is 0.500. The monoisotopic (exact) mass is 511 g/mol. The molecule has 0 aromatic heterocycles. The van der Waals surface area contributed by atoms with Crippen molar-refractivity contribution in [3.05, 3.63) is 64.7 Å². The van der Waals surface area contributed by atoms with Gasteiger partial charge in [0.15, 0.2) is 0 Å². The number of aliphatic hydroxyl groups is 1. The van der Waals surface area contributed by atoms with E-state index in [0.717, 1.165) is 38.8 Å². The van der Waals surface area contributed by atoms with Crippen LogP contribution in [-0.2, 0) is 4.79 Å². The van der Waals surface area contributed by atoms with Crippen molar-refractivity contribution in [2.75, 3.05) is 32.7 Å². The number of carbonyl (C=O) groups excluding carboxylic acids is 2. The molecule has 2 amide bonds. The highest BCUT2D eigenvalue weighted by Gasteiger charge is 2.35. The van der Waals surface area contributed by atoms with Crippen LogP contribution in [0.25, 0.3) is 0 Å². The van der Waals surface area contributed by atoms with Crippen molar-refractivity contribution in [3.63, 3.8) is 0 Å². The van der Waals surface area contributed by atoms with E-state index in [2.05, 4.69) is 10.2 Å². The Balaban J connectivity index is 1.25. The summed E-state index contributed by atoms with van der Waals surface area (Å²) in [6.45, 7) is 3.40. The summed E-state index contributed by atoms with van der Waals surface area (Å²) in [6.07, 6.45) is 4.26. The first-order valence-corrected chi connectivity index (χ1v) is 13.4. The molecule has 5 rings (SSSR count). The number of benzene rings is 2. The maximum Gasteiger partial charge on any atom is 0.253 e. The van der Waals surface area contributed by atoms with Gasteiger partial charge in [0.05, 0.1) is 23.1 Å². The second-order valence-corrected chi connectivity index (χ2v) is 10.6. The van der Waals surface area contributed by atoms with Gasteiger partial charge in [-0.2, -0.15) is 0 Å². The third-order valence-corrected chi connectivity index (χ3v) is 7.64. The van der Waals surface area contributed by atoms with E-state index in [4.69, 9.17) is 16.3 Å². The molecule has 7 nitrogen and oxygen atoms in total. The Morgan fingerprint density at radius 3 is 2.50 bits per heavy atom. The molecule has 192 valence electrons. The van der Waals surface area contributed by atoms with Crippen molar-refractivity contribution in [2.45, 2.75) is 50.4 Å². The summed E-state index contributed by atoms with van der Waals surface area (Å²) in [6, 6.07) is 14.0. The van der Waals surface area contributed by atoms with Crippen LogP contribution in [0, 0.1) is 5.92 Å². The topological polar surface area (TPSA) is 82.1 Å². The van der Waals surface area contributed by atoms with Gasteiger partial charge >= 0.3 is 0 Å². The van der Waals surface area contributed by atoms with Crippen molar-refractivity contribution in [1.82, 2.24) is 15.1 Å². The normalized spacial score (nSPS) is 21.8. The van der Waals surface area contributed by atoms with Crippen molar-refractivity contribution in [2.24, 2.45) is 5.92 Å². The summed E-state index contributed by atoms with van der Waals surface area (Å²) in [5.74, 6) is 0.150. The number of hydrogen-bond donors (Lipinski definition) is 2. The van der Waals surface area contributed by atoms with Gasteiger partial charge < -0.3 is 25.0 Å². The molecule has 3 atom stereocenters. The van der Waals surface area contributed by atoms with E-state index >= 15 is 0 Å². The maximum absolute atomic E-state index is 13.3. The van der Waals surface area contributed by atoms with E-state index in [1.807, 2.05) is 24.3 Å². The number of halogens is 1. The average molecular weight is 512 g/mol. The fourth-order valence-electron chi connectivity index (χ4n) is 5.08. The van der Waals surface area contributed by atoms with Crippen LogP contribution in [0.2, 0.25) is 5.02 Å². The van der Waals surface area contributed by atoms with Gasteiger partial charge in [0, 0.05) is 25.2 Å². The van der Waals surface area contributed by atoms with Gasteiger partial charge in [-0.15, -0.1) is 0 Å². The van der Waals surface area contributed by atoms with E-state index in [1.54, 1.807) is 29.2 Å². The summed E-state index contributed by atoms with van der Waals surface area (Å²) in [7, 11) is 0. The molecule has 3 aliphatic rings. The molecule has 2 aromatic carbocycles. The minimum Gasteiger partial charge on any atom is -0.489 e. The van der Waals surface area contributed by atoms with Gasteiger partial charge in [-0.1, -0.05) is 35.9 Å². The quantitative estimate of drug-likeness (QED) is 0.537. The molecule has 2 aromatic rings. The van der Waals surface area contributed by atoms with E-state index in [-0.39, 0.29) is 23.8 Å². The molecule has 36 heavy (non-hydrogen) atoms. The first-order valence-electron chi connectivity index (χ1n) is 13.0. The number of nitrogens with one attached hydrogen (secondary N) is 1. The van der Waals surface area contributed by atoms with Gasteiger partial charge in [-0.25, -0.2) is 0 Å². The summed E-state index contributed by atoms with van der Waals surface area (Å²) in [5.41, 5.74) is 1.28. The molecule has 1 aliphatic carbocycles. The molecule has 1 saturated carbocycles. The molecule has 3 fully saturated rings. The molecule has 0 spiro atoms. The summed E-state index contributed by atoms with van der Waals surface area (Å²) >= 11 is 6.45. The van der Waals surface area contributed by atoms with Crippen LogP contribution in [0.4, 0.5) is 0 Å². The molecule has 0 bridgehead atoms. The average Bonchev–Trinajstić information content (AvgIpc) is 3.33. The zero-order valence-electron chi connectivity index (χ0n) is 20.4. The number of nitrogens with zero attached hydrogens (tertiary/aromatic N) is 2. The summed E-state index contributed by atoms with van der Waals surface area (Å²) < 4.78 is 5.83. The Kier molecular flexibility index (Phi) is 7.79. The highest BCUT2D eigenvalue weighted by Crippen LogP contribution is 2.34. The third-order valence-electron chi connectivity index (χ3n) is 7.34. The van der Waals surface area contributed by atoms with E-state index < -0.39 is 12.1 Å². The highest BCUT2D eigenvalue weighted by atomic mass is 35.5. The van der Waals surface area contributed by atoms with Gasteiger partial charge in [0.25, 0.3) is 5.91 Å². The highest BCUT2D eigenvalue weighted by molar-refractivity contribution is 6.32. The first-order chi connectivity index (χ1) is 17.5. The van der Waals surface area contributed by atoms with Crippen LogP contribution in [0.5, 0.6) is 5.75 Å². The number of hydrogen-bond acceptors (Lipinski definition) is 5. The van der Waals surface area contributed by atoms with Crippen LogP contribution in [-0.4, -0.2) is 71.6 Å². The molecule has 2 saturated heterocycles. The predicted molar refractivity (Wildman–Crippen MR) is 138 cm³/mol. The number of ether oxygens (including phenoxy) is 1. The minimum absolute atomic E-state index is 0.0531. The lowest BCUT2D eigenvalue weighted by Crippen LogP contribution is -2.49. The standard InChI is InChI=1S/C28H34ClN3O4/c29-23-16-20(8-11-25(23)36-22-9-10-22)26(33)24(18-31-13-4-5-14-31)30-27(34)21-12-15-32(17-21)28(35)19-6-2-1-3-7-19/h1-3,6-8,11,16,21-22,24,26,33H,4-5,9-10,12-15,17-18H2,(H,30,34)/t21?,24-,26-/m1/s1. The van der Waals surface area contributed by atoms with Gasteiger partial charge in [-0.3, -0.25) is 9.59 Å². The molecule has 8 heteroatoms. The molecule has 0 radical (unpaired) electrons. The van der Waals surface area contributed by atoms with E-state index in [1.165, 1.54) is 0 Å². The smallest absolute Gasteiger partial charge is 0.253 e. The number of rotatable bonds is 9. The zero-order chi connectivity index (χ0) is 25.1. The largest absolute Gasteiger partial charge is 0.489 e. The second-order valence-electron chi connectivity index (χ2n) is 10.2. The number of likely N-dealkylation sites (tertiary alicyclic amines) is 2. The van der Waals surface area contributed by atoms with E-state index in [0.29, 0.717) is 48.0 Å². The third kappa shape index (κ3) is 6.02.